The number of aromatic nitrogens is 2. The molecule has 5 aromatic rings. The first kappa shape index (κ1) is 16.3. The van der Waals surface area contributed by atoms with Gasteiger partial charge in [-0.3, -0.25) is 9.97 Å². The molecule has 0 saturated heterocycles. The largest absolute Gasteiger partial charge is 0.508 e. The van der Waals surface area contributed by atoms with Crippen molar-refractivity contribution >= 4 is 21.8 Å². The summed E-state index contributed by atoms with van der Waals surface area (Å²) in [5.41, 5.74) is 5.79. The van der Waals surface area contributed by atoms with E-state index in [-0.39, 0.29) is 11.5 Å². The van der Waals surface area contributed by atoms with Gasteiger partial charge in [0.25, 0.3) is 0 Å². The van der Waals surface area contributed by atoms with Crippen LogP contribution in [0.3, 0.4) is 0 Å². The maximum absolute atomic E-state index is 9.58. The number of hydrogen-bond acceptors (Lipinski definition) is 4. The van der Waals surface area contributed by atoms with Gasteiger partial charge in [-0.2, -0.15) is 0 Å². The molecule has 0 aliphatic heterocycles. The molecule has 28 heavy (non-hydrogen) atoms. The van der Waals surface area contributed by atoms with Crippen molar-refractivity contribution in [2.75, 3.05) is 0 Å². The second kappa shape index (κ2) is 6.35. The Morgan fingerprint density at radius 2 is 0.857 bits per heavy atom. The van der Waals surface area contributed by atoms with Gasteiger partial charge in [0.2, 0.25) is 0 Å². The fourth-order valence-corrected chi connectivity index (χ4v) is 3.61. The van der Waals surface area contributed by atoms with Crippen LogP contribution in [0.4, 0.5) is 0 Å². The topological polar surface area (TPSA) is 66.2 Å². The van der Waals surface area contributed by atoms with Crippen LogP contribution in [-0.4, -0.2) is 20.2 Å². The molecule has 0 unspecified atom stereocenters. The molecule has 2 aromatic heterocycles. The highest BCUT2D eigenvalue weighted by Gasteiger charge is 2.12. The normalized spacial score (nSPS) is 11.1. The van der Waals surface area contributed by atoms with E-state index in [2.05, 4.69) is 22.1 Å². The number of phenolic OH excluding ortho intramolecular Hbond substituents is 2. The quantitative estimate of drug-likeness (QED) is 0.404. The van der Waals surface area contributed by atoms with Crippen molar-refractivity contribution in [2.45, 2.75) is 0 Å². The summed E-state index contributed by atoms with van der Waals surface area (Å²) in [7, 11) is 0. The third kappa shape index (κ3) is 2.63. The Hall–Kier alpha value is -3.92. The molecule has 0 aliphatic rings. The summed E-state index contributed by atoms with van der Waals surface area (Å²) in [5.74, 6) is 0.487. The standard InChI is InChI=1S/C24H16N2O2/c27-17-5-1-15(2-6-17)19-11-13-25-23-21(19)9-10-22-20(12-14-26-24(22)23)16-3-7-18(28)8-4-16/h1-14,27-28H. The van der Waals surface area contributed by atoms with Crippen molar-refractivity contribution in [1.82, 2.24) is 9.97 Å². The zero-order valence-electron chi connectivity index (χ0n) is 14.9. The molecule has 0 radical (unpaired) electrons. The Balaban J connectivity index is 1.77. The predicted molar refractivity (Wildman–Crippen MR) is 111 cm³/mol. The van der Waals surface area contributed by atoms with Gasteiger partial charge in [-0.05, 0) is 58.7 Å². The van der Waals surface area contributed by atoms with Crippen molar-refractivity contribution in [1.29, 1.82) is 0 Å². The van der Waals surface area contributed by atoms with E-state index in [0.29, 0.717) is 0 Å². The lowest BCUT2D eigenvalue weighted by Crippen LogP contribution is -1.90. The van der Waals surface area contributed by atoms with Crippen molar-refractivity contribution in [3.05, 3.63) is 85.2 Å². The van der Waals surface area contributed by atoms with Crippen molar-refractivity contribution in [3.8, 4) is 33.8 Å². The van der Waals surface area contributed by atoms with Gasteiger partial charge in [-0.15, -0.1) is 0 Å². The number of benzene rings is 3. The molecule has 134 valence electrons. The van der Waals surface area contributed by atoms with Gasteiger partial charge >= 0.3 is 0 Å². The van der Waals surface area contributed by atoms with Gasteiger partial charge in [0.1, 0.15) is 11.5 Å². The average molecular weight is 364 g/mol. The fourth-order valence-electron chi connectivity index (χ4n) is 3.61. The van der Waals surface area contributed by atoms with Crippen LogP contribution in [0.1, 0.15) is 0 Å². The molecule has 2 heterocycles. The second-order valence-corrected chi connectivity index (χ2v) is 6.67. The van der Waals surface area contributed by atoms with E-state index in [1.54, 1.807) is 36.7 Å². The molecule has 0 aliphatic carbocycles. The Morgan fingerprint density at radius 3 is 1.25 bits per heavy atom. The molecule has 0 bridgehead atoms. The molecular weight excluding hydrogens is 348 g/mol. The lowest BCUT2D eigenvalue weighted by molar-refractivity contribution is 0.475. The number of nitrogens with zero attached hydrogens (tertiary/aromatic N) is 2. The predicted octanol–water partition coefficient (Wildman–Crippen LogP) is 5.53. The van der Waals surface area contributed by atoms with E-state index in [4.69, 9.17) is 0 Å². The monoisotopic (exact) mass is 364 g/mol. The van der Waals surface area contributed by atoms with Crippen molar-refractivity contribution in [2.24, 2.45) is 0 Å². The molecule has 4 nitrogen and oxygen atoms in total. The van der Waals surface area contributed by atoms with E-state index in [1.165, 1.54) is 0 Å². The lowest BCUT2D eigenvalue weighted by Gasteiger charge is -2.11. The van der Waals surface area contributed by atoms with Gasteiger partial charge < -0.3 is 10.2 Å². The molecule has 0 atom stereocenters. The molecule has 0 fully saturated rings. The molecule has 3 aromatic carbocycles. The molecule has 0 amide bonds. The summed E-state index contributed by atoms with van der Waals surface area (Å²) in [6.45, 7) is 0. The minimum atomic E-state index is 0.243. The number of rotatable bonds is 2. The first-order valence-electron chi connectivity index (χ1n) is 8.96. The van der Waals surface area contributed by atoms with Gasteiger partial charge in [-0.25, -0.2) is 0 Å². The van der Waals surface area contributed by atoms with E-state index in [9.17, 15) is 10.2 Å². The summed E-state index contributed by atoms with van der Waals surface area (Å²) in [6, 6.07) is 22.4. The average Bonchev–Trinajstić information content (AvgIpc) is 2.74. The molecule has 0 spiro atoms. The Kier molecular flexibility index (Phi) is 3.69. The maximum Gasteiger partial charge on any atom is 0.115 e. The third-order valence-corrected chi connectivity index (χ3v) is 4.98. The minimum absolute atomic E-state index is 0.243. The van der Waals surface area contributed by atoms with Gasteiger partial charge in [-0.1, -0.05) is 36.4 Å². The van der Waals surface area contributed by atoms with Crippen LogP contribution >= 0.6 is 0 Å². The van der Waals surface area contributed by atoms with Crippen LogP contribution in [-0.2, 0) is 0 Å². The summed E-state index contributed by atoms with van der Waals surface area (Å²) in [6.07, 6.45) is 3.58. The zero-order chi connectivity index (χ0) is 19.1. The first-order chi connectivity index (χ1) is 13.7. The third-order valence-electron chi connectivity index (χ3n) is 4.98. The van der Waals surface area contributed by atoms with E-state index >= 15 is 0 Å². The van der Waals surface area contributed by atoms with Crippen LogP contribution in [0, 0.1) is 0 Å². The highest BCUT2D eigenvalue weighted by molar-refractivity contribution is 6.11. The number of fused-ring (bicyclic) bond motifs is 3. The van der Waals surface area contributed by atoms with Crippen molar-refractivity contribution in [3.63, 3.8) is 0 Å². The number of hydrogen-bond donors (Lipinski definition) is 2. The van der Waals surface area contributed by atoms with Crippen LogP contribution in [0.5, 0.6) is 11.5 Å². The molecule has 0 saturated carbocycles. The van der Waals surface area contributed by atoms with E-state index in [1.807, 2.05) is 36.4 Å². The molecule has 5 rings (SSSR count). The summed E-state index contributed by atoms with van der Waals surface area (Å²) >= 11 is 0. The van der Waals surface area contributed by atoms with Gasteiger partial charge in [0.15, 0.2) is 0 Å². The Bertz CT molecular complexity index is 1210. The SMILES string of the molecule is Oc1ccc(-c2ccnc3c2ccc2c(-c4ccc(O)cc4)ccnc23)cc1. The highest BCUT2D eigenvalue weighted by atomic mass is 16.3. The number of pyridine rings is 2. The minimum Gasteiger partial charge on any atom is -0.508 e. The van der Waals surface area contributed by atoms with Crippen LogP contribution < -0.4 is 0 Å². The van der Waals surface area contributed by atoms with Crippen LogP contribution in [0.2, 0.25) is 0 Å². The number of aromatic hydroxyl groups is 2. The lowest BCUT2D eigenvalue weighted by atomic mass is 9.96. The van der Waals surface area contributed by atoms with E-state index in [0.717, 1.165) is 44.1 Å². The Morgan fingerprint density at radius 1 is 0.464 bits per heavy atom. The second-order valence-electron chi connectivity index (χ2n) is 6.67. The fraction of sp³-hybridized carbons (Fsp3) is 0. The molecule has 2 N–H and O–H groups in total. The first-order valence-corrected chi connectivity index (χ1v) is 8.96. The van der Waals surface area contributed by atoms with Crippen molar-refractivity contribution < 1.29 is 10.2 Å². The van der Waals surface area contributed by atoms with E-state index < -0.39 is 0 Å². The van der Waals surface area contributed by atoms with Gasteiger partial charge in [0, 0.05) is 23.2 Å². The molecular formula is C24H16N2O2. The van der Waals surface area contributed by atoms with Crippen LogP contribution in [0.25, 0.3) is 44.1 Å². The smallest absolute Gasteiger partial charge is 0.115 e. The van der Waals surface area contributed by atoms with Gasteiger partial charge in [0.05, 0.1) is 11.0 Å². The van der Waals surface area contributed by atoms with Crippen LogP contribution in [0.15, 0.2) is 85.2 Å². The summed E-state index contributed by atoms with van der Waals surface area (Å²) in [5, 5.41) is 21.2. The molecule has 4 heteroatoms. The summed E-state index contributed by atoms with van der Waals surface area (Å²) < 4.78 is 0. The highest BCUT2D eigenvalue weighted by Crippen LogP contribution is 2.35. The summed E-state index contributed by atoms with van der Waals surface area (Å²) in [4.78, 5) is 9.22. The maximum atomic E-state index is 9.58. The zero-order valence-corrected chi connectivity index (χ0v) is 14.9. The number of phenols is 2. The Labute approximate surface area is 161 Å².